The van der Waals surface area contributed by atoms with E-state index < -0.39 is 18.3 Å². The number of aromatic nitrogens is 5. The number of nitrogens with zero attached hydrogens (tertiary/aromatic N) is 7. The first kappa shape index (κ1) is 22.0. The van der Waals surface area contributed by atoms with Gasteiger partial charge in [-0.15, -0.1) is 0 Å². The highest BCUT2D eigenvalue weighted by atomic mass is 19.4. The van der Waals surface area contributed by atoms with E-state index >= 15 is 0 Å². The van der Waals surface area contributed by atoms with E-state index in [-0.39, 0.29) is 19.5 Å². The van der Waals surface area contributed by atoms with Crippen molar-refractivity contribution in [1.29, 1.82) is 5.26 Å². The molecule has 4 aromatic heterocycles. The summed E-state index contributed by atoms with van der Waals surface area (Å²) < 4.78 is 40.0. The first-order chi connectivity index (χ1) is 16.3. The highest BCUT2D eigenvalue weighted by Crippen LogP contribution is 2.36. The van der Waals surface area contributed by atoms with E-state index in [0.717, 1.165) is 22.0 Å². The molecule has 0 aliphatic carbocycles. The van der Waals surface area contributed by atoms with Gasteiger partial charge in [-0.2, -0.15) is 23.5 Å². The van der Waals surface area contributed by atoms with Crippen LogP contribution >= 0.6 is 0 Å². The van der Waals surface area contributed by atoms with Crippen molar-refractivity contribution < 1.29 is 13.2 Å². The number of rotatable bonds is 5. The SMILES string of the molecule is Cc1cncc(-c2cc3ncccc3c(-c3ccn(C4(CC#N)CN(CC(F)(F)F)C4)n3)n2)c1. The highest BCUT2D eigenvalue weighted by Gasteiger charge is 2.48. The van der Waals surface area contributed by atoms with E-state index in [1.54, 1.807) is 35.5 Å². The molecule has 1 fully saturated rings. The number of nitriles is 1. The lowest BCUT2D eigenvalue weighted by molar-refractivity contribution is -0.167. The standard InChI is InChI=1S/C24H20F3N7/c1-16-9-17(12-29-11-16)20-10-21-18(3-2-7-30-21)22(31-20)19-4-8-34(32-19)23(5-6-28)13-33(14-23)15-24(25,26)27/h2-4,7-12H,5,13-15H2,1H3. The second-order valence-corrected chi connectivity index (χ2v) is 8.64. The van der Waals surface area contributed by atoms with E-state index in [9.17, 15) is 18.4 Å². The zero-order valence-corrected chi connectivity index (χ0v) is 18.3. The molecule has 0 aromatic carbocycles. The Morgan fingerprint density at radius 2 is 1.97 bits per heavy atom. The van der Waals surface area contributed by atoms with Crippen molar-refractivity contribution in [3.63, 3.8) is 0 Å². The molecule has 0 bridgehead atoms. The third-order valence-electron chi connectivity index (χ3n) is 5.93. The fourth-order valence-electron chi connectivity index (χ4n) is 4.46. The third-order valence-corrected chi connectivity index (χ3v) is 5.93. The van der Waals surface area contributed by atoms with Gasteiger partial charge in [0, 0.05) is 48.8 Å². The smallest absolute Gasteiger partial charge is 0.290 e. The van der Waals surface area contributed by atoms with Crippen LogP contribution in [0.4, 0.5) is 13.2 Å². The monoisotopic (exact) mass is 463 g/mol. The number of aryl methyl sites for hydroxylation is 1. The summed E-state index contributed by atoms with van der Waals surface area (Å²) in [4.78, 5) is 14.9. The maximum Gasteiger partial charge on any atom is 0.401 e. The topological polar surface area (TPSA) is 83.5 Å². The van der Waals surface area contributed by atoms with Crippen molar-refractivity contribution in [2.75, 3.05) is 19.6 Å². The largest absolute Gasteiger partial charge is 0.401 e. The van der Waals surface area contributed by atoms with Gasteiger partial charge in [-0.1, -0.05) is 0 Å². The van der Waals surface area contributed by atoms with Gasteiger partial charge in [0.2, 0.25) is 0 Å². The fourth-order valence-corrected chi connectivity index (χ4v) is 4.46. The molecule has 172 valence electrons. The molecule has 7 nitrogen and oxygen atoms in total. The third kappa shape index (κ3) is 4.10. The van der Waals surface area contributed by atoms with Crippen LogP contribution in [0.2, 0.25) is 0 Å². The molecule has 0 amide bonds. The molecule has 34 heavy (non-hydrogen) atoms. The minimum absolute atomic E-state index is 0.0627. The van der Waals surface area contributed by atoms with Crippen LogP contribution in [0.1, 0.15) is 12.0 Å². The van der Waals surface area contributed by atoms with Gasteiger partial charge in [0.15, 0.2) is 0 Å². The molecular weight excluding hydrogens is 443 g/mol. The molecule has 1 aliphatic rings. The van der Waals surface area contributed by atoms with Gasteiger partial charge in [-0.05, 0) is 42.8 Å². The predicted octanol–water partition coefficient (Wildman–Crippen LogP) is 4.35. The van der Waals surface area contributed by atoms with Crippen LogP contribution < -0.4 is 0 Å². The number of hydrogen-bond donors (Lipinski definition) is 0. The van der Waals surface area contributed by atoms with Crippen LogP contribution in [0.25, 0.3) is 33.5 Å². The minimum Gasteiger partial charge on any atom is -0.290 e. The lowest BCUT2D eigenvalue weighted by Crippen LogP contribution is -2.64. The van der Waals surface area contributed by atoms with Crippen molar-refractivity contribution in [3.05, 3.63) is 60.7 Å². The summed E-state index contributed by atoms with van der Waals surface area (Å²) in [5, 5.41) is 14.8. The van der Waals surface area contributed by atoms with Gasteiger partial charge >= 0.3 is 6.18 Å². The van der Waals surface area contributed by atoms with Crippen LogP contribution in [-0.2, 0) is 5.54 Å². The van der Waals surface area contributed by atoms with Gasteiger partial charge in [-0.3, -0.25) is 19.5 Å². The zero-order chi connectivity index (χ0) is 23.9. The average Bonchev–Trinajstić information content (AvgIpc) is 3.26. The number of alkyl halides is 3. The van der Waals surface area contributed by atoms with Crippen molar-refractivity contribution in [1.82, 2.24) is 29.6 Å². The Hall–Kier alpha value is -3.84. The molecule has 0 saturated carbocycles. The molecule has 0 radical (unpaired) electrons. The van der Waals surface area contributed by atoms with Gasteiger partial charge in [-0.25, -0.2) is 4.98 Å². The highest BCUT2D eigenvalue weighted by molar-refractivity contribution is 5.93. The summed E-state index contributed by atoms with van der Waals surface area (Å²) in [6, 6.07) is 11.5. The van der Waals surface area contributed by atoms with Gasteiger partial charge in [0.25, 0.3) is 0 Å². The lowest BCUT2D eigenvalue weighted by Gasteiger charge is -2.49. The summed E-state index contributed by atoms with van der Waals surface area (Å²) in [7, 11) is 0. The maximum atomic E-state index is 12.8. The Balaban J connectivity index is 1.54. The normalized spacial score (nSPS) is 15.7. The van der Waals surface area contributed by atoms with E-state index in [4.69, 9.17) is 4.98 Å². The summed E-state index contributed by atoms with van der Waals surface area (Å²) in [6.45, 7) is 1.16. The molecule has 1 saturated heterocycles. The first-order valence-electron chi connectivity index (χ1n) is 10.7. The molecular formula is C24H20F3N7. The van der Waals surface area contributed by atoms with Crippen LogP contribution in [0, 0.1) is 18.3 Å². The van der Waals surface area contributed by atoms with Crippen molar-refractivity contribution in [3.8, 4) is 28.7 Å². The summed E-state index contributed by atoms with van der Waals surface area (Å²) in [5.74, 6) is 0. The number of hydrogen-bond acceptors (Lipinski definition) is 6. The van der Waals surface area contributed by atoms with Crippen LogP contribution in [0.5, 0.6) is 0 Å². The second kappa shape index (κ2) is 8.18. The van der Waals surface area contributed by atoms with Crippen LogP contribution in [0.3, 0.4) is 0 Å². The molecule has 0 atom stereocenters. The molecule has 0 unspecified atom stereocenters. The average molecular weight is 463 g/mol. The van der Waals surface area contributed by atoms with E-state index in [2.05, 4.69) is 21.1 Å². The van der Waals surface area contributed by atoms with E-state index in [1.807, 2.05) is 31.2 Å². The number of halogens is 3. The van der Waals surface area contributed by atoms with Crippen molar-refractivity contribution in [2.45, 2.75) is 25.1 Å². The summed E-state index contributed by atoms with van der Waals surface area (Å²) in [5.41, 5.74) is 3.65. The van der Waals surface area contributed by atoms with E-state index in [1.165, 1.54) is 4.90 Å². The van der Waals surface area contributed by atoms with Gasteiger partial charge in [0.1, 0.15) is 16.9 Å². The molecule has 0 N–H and O–H groups in total. The molecule has 10 heteroatoms. The Morgan fingerprint density at radius 3 is 2.71 bits per heavy atom. The maximum absolute atomic E-state index is 12.8. The minimum atomic E-state index is -4.28. The fraction of sp³-hybridized carbons (Fsp3) is 0.292. The number of likely N-dealkylation sites (tertiary alicyclic amines) is 1. The molecule has 5 heterocycles. The van der Waals surface area contributed by atoms with Crippen LogP contribution in [-0.4, -0.2) is 55.4 Å². The van der Waals surface area contributed by atoms with Crippen molar-refractivity contribution >= 4 is 10.9 Å². The quantitative estimate of drug-likeness (QED) is 0.438. The number of pyridine rings is 3. The summed E-state index contributed by atoms with van der Waals surface area (Å²) in [6.07, 6.45) is 2.69. The molecule has 0 spiro atoms. The lowest BCUT2D eigenvalue weighted by atomic mass is 9.87. The Bertz CT molecular complexity index is 1400. The van der Waals surface area contributed by atoms with Gasteiger partial charge < -0.3 is 0 Å². The first-order valence-corrected chi connectivity index (χ1v) is 10.7. The van der Waals surface area contributed by atoms with E-state index in [0.29, 0.717) is 17.1 Å². The molecule has 1 aliphatic heterocycles. The number of fused-ring (bicyclic) bond motifs is 1. The second-order valence-electron chi connectivity index (χ2n) is 8.64. The predicted molar refractivity (Wildman–Crippen MR) is 119 cm³/mol. The molecule has 4 aromatic rings. The van der Waals surface area contributed by atoms with Gasteiger partial charge in [0.05, 0.1) is 30.2 Å². The van der Waals surface area contributed by atoms with Crippen molar-refractivity contribution in [2.24, 2.45) is 0 Å². The summed E-state index contributed by atoms with van der Waals surface area (Å²) >= 11 is 0. The molecule has 5 rings (SSSR count). The Morgan fingerprint density at radius 1 is 1.15 bits per heavy atom. The Kier molecular flexibility index (Phi) is 5.29. The van der Waals surface area contributed by atoms with Crippen LogP contribution in [0.15, 0.2) is 55.1 Å². The Labute approximate surface area is 193 Å². The zero-order valence-electron chi connectivity index (χ0n) is 18.3.